The Bertz CT molecular complexity index is 1180. The summed E-state index contributed by atoms with van der Waals surface area (Å²) in [5.74, 6) is 2.20. The molecule has 2 aromatic carbocycles. The zero-order valence-electron chi connectivity index (χ0n) is 19.3. The maximum absolute atomic E-state index is 13.3. The molecule has 4 heteroatoms. The summed E-state index contributed by atoms with van der Waals surface area (Å²) in [4.78, 5) is 21.4. The van der Waals surface area contributed by atoms with Crippen LogP contribution in [-0.4, -0.2) is 15.7 Å². The van der Waals surface area contributed by atoms with Gasteiger partial charge in [-0.15, -0.1) is 0 Å². The third-order valence-corrected chi connectivity index (χ3v) is 8.15. The second kappa shape index (κ2) is 10.1. The van der Waals surface area contributed by atoms with Gasteiger partial charge in [0.25, 0.3) is 5.56 Å². The van der Waals surface area contributed by atoms with Crippen LogP contribution in [0, 0.1) is 5.92 Å². The summed E-state index contributed by atoms with van der Waals surface area (Å²) in [5.41, 5.74) is 5.76. The van der Waals surface area contributed by atoms with Gasteiger partial charge >= 0.3 is 0 Å². The number of nitrogens with one attached hydrogen (secondary N) is 1. The molecule has 1 heterocycles. The molecule has 170 valence electrons. The lowest BCUT2D eigenvalue weighted by Gasteiger charge is -2.30. The fourth-order valence-electron chi connectivity index (χ4n) is 5.52. The Morgan fingerprint density at radius 1 is 1.06 bits per heavy atom. The first-order valence-corrected chi connectivity index (χ1v) is 13.2. The predicted octanol–water partition coefficient (Wildman–Crippen LogP) is 7.11. The average Bonchev–Trinajstić information content (AvgIpc) is 3.39. The number of thioether (sulfide) groups is 1. The summed E-state index contributed by atoms with van der Waals surface area (Å²) in [5, 5.41) is 0.724. The van der Waals surface area contributed by atoms with E-state index in [2.05, 4.69) is 78.7 Å². The SMILES string of the molecule is C[C@@H](C/C=C/CSc1nc2c(c(=O)[nH]1)[C@H](C1CCCC1)Cc1ccccc1-2)c1ccccc1. The van der Waals surface area contributed by atoms with Crippen LogP contribution >= 0.6 is 11.8 Å². The molecular formula is C29H32N2OS. The number of fused-ring (bicyclic) bond motifs is 3. The lowest BCUT2D eigenvalue weighted by atomic mass is 9.74. The highest BCUT2D eigenvalue weighted by molar-refractivity contribution is 7.99. The number of hydrogen-bond acceptors (Lipinski definition) is 3. The van der Waals surface area contributed by atoms with E-state index in [0.717, 1.165) is 40.6 Å². The molecule has 2 aliphatic carbocycles. The zero-order valence-corrected chi connectivity index (χ0v) is 20.1. The summed E-state index contributed by atoms with van der Waals surface area (Å²) in [6, 6.07) is 19.1. The van der Waals surface area contributed by atoms with E-state index in [-0.39, 0.29) is 5.56 Å². The number of H-pyrrole nitrogens is 1. The molecule has 5 rings (SSSR count). The van der Waals surface area contributed by atoms with Crippen molar-refractivity contribution < 1.29 is 0 Å². The van der Waals surface area contributed by atoms with E-state index in [9.17, 15) is 4.79 Å². The number of hydrogen-bond donors (Lipinski definition) is 1. The average molecular weight is 457 g/mol. The van der Waals surface area contributed by atoms with Crippen LogP contribution in [0.2, 0.25) is 0 Å². The van der Waals surface area contributed by atoms with E-state index in [0.29, 0.717) is 17.8 Å². The largest absolute Gasteiger partial charge is 0.301 e. The third kappa shape index (κ3) is 4.86. The molecule has 0 spiro atoms. The Morgan fingerprint density at radius 3 is 2.64 bits per heavy atom. The van der Waals surface area contributed by atoms with Gasteiger partial charge in [-0.1, -0.05) is 98.3 Å². The van der Waals surface area contributed by atoms with Crippen LogP contribution < -0.4 is 5.56 Å². The molecule has 33 heavy (non-hydrogen) atoms. The van der Waals surface area contributed by atoms with Gasteiger partial charge < -0.3 is 4.98 Å². The van der Waals surface area contributed by atoms with Crippen molar-refractivity contribution in [2.75, 3.05) is 5.75 Å². The van der Waals surface area contributed by atoms with Crippen LogP contribution in [0.25, 0.3) is 11.3 Å². The first kappa shape index (κ1) is 22.2. The highest BCUT2D eigenvalue weighted by Crippen LogP contribution is 2.45. The van der Waals surface area contributed by atoms with Crippen LogP contribution in [0.5, 0.6) is 0 Å². The molecule has 3 aromatic rings. The van der Waals surface area contributed by atoms with Gasteiger partial charge in [0, 0.05) is 16.9 Å². The van der Waals surface area contributed by atoms with E-state index in [1.807, 2.05) is 0 Å². The lowest BCUT2D eigenvalue weighted by Crippen LogP contribution is -2.28. The minimum atomic E-state index is 0.0654. The molecule has 0 radical (unpaired) electrons. The summed E-state index contributed by atoms with van der Waals surface area (Å²) < 4.78 is 0. The number of nitrogens with zero attached hydrogens (tertiary/aromatic N) is 1. The molecule has 1 saturated carbocycles. The van der Waals surface area contributed by atoms with E-state index in [1.165, 1.54) is 36.8 Å². The predicted molar refractivity (Wildman–Crippen MR) is 138 cm³/mol. The fraction of sp³-hybridized carbons (Fsp3) is 0.379. The zero-order chi connectivity index (χ0) is 22.6. The summed E-state index contributed by atoms with van der Waals surface area (Å²) >= 11 is 1.61. The number of allylic oxidation sites excluding steroid dienone is 1. The normalized spacial score (nSPS) is 18.9. The second-order valence-electron chi connectivity index (χ2n) is 9.48. The monoisotopic (exact) mass is 456 g/mol. The van der Waals surface area contributed by atoms with E-state index in [1.54, 1.807) is 11.8 Å². The van der Waals surface area contributed by atoms with Crippen LogP contribution in [-0.2, 0) is 6.42 Å². The van der Waals surface area contributed by atoms with Crippen molar-refractivity contribution in [3.8, 4) is 11.3 Å². The second-order valence-corrected chi connectivity index (χ2v) is 10.5. The van der Waals surface area contributed by atoms with Crippen molar-refractivity contribution in [2.45, 2.75) is 62.4 Å². The standard InChI is InChI=1S/C29H32N2OS/c1-20(21-12-3-2-4-13-21)11-9-10-18-33-29-30-27-24-17-8-7-16-23(24)19-25(22-14-5-6-15-22)26(27)28(32)31-29/h2-4,7-10,12-13,16-17,20,22,25H,5-6,11,14-15,18-19H2,1H3,(H,30,31,32)/b10-9+/t20-,25-/m0/s1. The van der Waals surface area contributed by atoms with Crippen molar-refractivity contribution in [3.05, 3.63) is 93.8 Å². The lowest BCUT2D eigenvalue weighted by molar-refractivity contribution is 0.424. The maximum Gasteiger partial charge on any atom is 0.255 e. The molecule has 0 unspecified atom stereocenters. The first-order valence-electron chi connectivity index (χ1n) is 12.3. The minimum absolute atomic E-state index is 0.0654. The molecule has 0 bridgehead atoms. The Labute approximate surface area is 200 Å². The van der Waals surface area contributed by atoms with Gasteiger partial charge in [0.1, 0.15) is 0 Å². The van der Waals surface area contributed by atoms with Crippen molar-refractivity contribution >= 4 is 11.8 Å². The van der Waals surface area contributed by atoms with Crippen LogP contribution in [0.15, 0.2) is 76.7 Å². The van der Waals surface area contributed by atoms with Crippen molar-refractivity contribution in [2.24, 2.45) is 5.92 Å². The minimum Gasteiger partial charge on any atom is -0.301 e. The van der Waals surface area contributed by atoms with Crippen LogP contribution in [0.1, 0.15) is 67.6 Å². The van der Waals surface area contributed by atoms with Gasteiger partial charge in [0.05, 0.1) is 5.69 Å². The van der Waals surface area contributed by atoms with Gasteiger partial charge in [-0.3, -0.25) is 4.79 Å². The molecule has 0 amide bonds. The Kier molecular flexibility index (Phi) is 6.82. The smallest absolute Gasteiger partial charge is 0.255 e. The first-order chi connectivity index (χ1) is 16.2. The molecule has 0 aliphatic heterocycles. The molecule has 2 atom stereocenters. The number of rotatable bonds is 7. The van der Waals surface area contributed by atoms with Gasteiger partial charge in [-0.25, -0.2) is 4.98 Å². The molecule has 0 saturated heterocycles. The van der Waals surface area contributed by atoms with Crippen LogP contribution in [0.4, 0.5) is 0 Å². The van der Waals surface area contributed by atoms with Gasteiger partial charge in [-0.2, -0.15) is 0 Å². The fourth-order valence-corrected chi connectivity index (χ4v) is 6.23. The Hall–Kier alpha value is -2.59. The van der Waals surface area contributed by atoms with E-state index >= 15 is 0 Å². The van der Waals surface area contributed by atoms with Crippen LogP contribution in [0.3, 0.4) is 0 Å². The molecule has 2 aliphatic rings. The molecule has 1 fully saturated rings. The van der Waals surface area contributed by atoms with Gasteiger partial charge in [0.2, 0.25) is 0 Å². The molecular weight excluding hydrogens is 424 g/mol. The topological polar surface area (TPSA) is 45.8 Å². The van der Waals surface area contributed by atoms with E-state index < -0.39 is 0 Å². The summed E-state index contributed by atoms with van der Waals surface area (Å²) in [6.07, 6.45) is 11.4. The van der Waals surface area contributed by atoms with Crippen molar-refractivity contribution in [1.29, 1.82) is 0 Å². The van der Waals surface area contributed by atoms with Gasteiger partial charge in [-0.05, 0) is 54.6 Å². The summed E-state index contributed by atoms with van der Waals surface area (Å²) in [7, 11) is 0. The number of benzene rings is 2. The molecule has 1 N–H and O–H groups in total. The Balaban J connectivity index is 1.32. The molecule has 3 nitrogen and oxygen atoms in total. The highest BCUT2D eigenvalue weighted by atomic mass is 32.2. The van der Waals surface area contributed by atoms with Crippen molar-refractivity contribution in [3.63, 3.8) is 0 Å². The van der Waals surface area contributed by atoms with E-state index in [4.69, 9.17) is 4.98 Å². The molecule has 1 aromatic heterocycles. The highest BCUT2D eigenvalue weighted by Gasteiger charge is 2.35. The maximum atomic E-state index is 13.3. The number of aromatic amines is 1. The number of aromatic nitrogens is 2. The quantitative estimate of drug-likeness (QED) is 0.234. The third-order valence-electron chi connectivity index (χ3n) is 7.33. The summed E-state index contributed by atoms with van der Waals surface area (Å²) in [6.45, 7) is 2.26. The van der Waals surface area contributed by atoms with Gasteiger partial charge in [0.15, 0.2) is 5.16 Å². The Morgan fingerprint density at radius 2 is 1.82 bits per heavy atom. The van der Waals surface area contributed by atoms with Crippen molar-refractivity contribution in [1.82, 2.24) is 9.97 Å².